The van der Waals surface area contributed by atoms with Crippen molar-refractivity contribution in [2.24, 2.45) is 0 Å². The second-order valence-corrected chi connectivity index (χ2v) is 11.0. The molecule has 0 N–H and O–H groups in total. The quantitative estimate of drug-likeness (QED) is 0.213. The summed E-state index contributed by atoms with van der Waals surface area (Å²) in [4.78, 5) is 31.2. The summed E-state index contributed by atoms with van der Waals surface area (Å²) in [5, 5.41) is 0. The molecule has 3 aromatic carbocycles. The number of thioether (sulfide) groups is 1. The Bertz CT molecular complexity index is 1270. The lowest BCUT2D eigenvalue weighted by Crippen LogP contribution is -2.63. The van der Waals surface area contributed by atoms with Gasteiger partial charge in [0.25, 0.3) is 0 Å². The number of unbranched alkanes of at least 4 members (excludes halogenated alkanes) is 1. The second kappa shape index (κ2) is 13.6. The van der Waals surface area contributed by atoms with Crippen LogP contribution < -0.4 is 14.2 Å². The Morgan fingerprint density at radius 2 is 1.45 bits per heavy atom. The number of benzene rings is 3. The molecule has 1 fully saturated rings. The van der Waals surface area contributed by atoms with Crippen LogP contribution >= 0.6 is 11.8 Å². The molecule has 1 heterocycles. The molecule has 0 spiro atoms. The predicted molar refractivity (Wildman–Crippen MR) is 159 cm³/mol. The normalized spacial score (nSPS) is 17.2. The van der Waals surface area contributed by atoms with E-state index in [9.17, 15) is 9.59 Å². The van der Waals surface area contributed by atoms with Crippen LogP contribution in [0.5, 0.6) is 17.2 Å². The maximum atomic E-state index is 13.6. The number of nitrogens with zero attached hydrogens (tertiary/aromatic N) is 2. The van der Waals surface area contributed by atoms with Gasteiger partial charge in [0.2, 0.25) is 17.6 Å². The van der Waals surface area contributed by atoms with E-state index in [0.717, 1.165) is 35.3 Å². The first-order valence-electron chi connectivity index (χ1n) is 13.5. The molecule has 2 amide bonds. The van der Waals surface area contributed by atoms with Crippen molar-refractivity contribution in [1.82, 2.24) is 9.80 Å². The van der Waals surface area contributed by atoms with Gasteiger partial charge in [0.05, 0.1) is 21.3 Å². The standard InChI is InChI=1S/C32H38N2O5S/c1-22-31(35)33(2)27(32(36)34(22)17-9-10-18-40-26-11-7-6-8-12-26)19-23-13-15-24(16-14-23)25-20-28(37-3)30(39-5)29(21-25)38-4/h6-8,11-16,20-22,27H,9-10,17-19H2,1-5H3/t22-,27-/m0/s1. The summed E-state index contributed by atoms with van der Waals surface area (Å²) in [7, 11) is 6.50. The van der Waals surface area contributed by atoms with E-state index in [2.05, 4.69) is 12.1 Å². The lowest BCUT2D eigenvalue weighted by molar-refractivity contribution is -0.159. The van der Waals surface area contributed by atoms with Crippen LogP contribution in [-0.2, 0) is 16.0 Å². The van der Waals surface area contributed by atoms with Crippen molar-refractivity contribution in [3.8, 4) is 28.4 Å². The molecule has 1 saturated heterocycles. The average molecular weight is 563 g/mol. The molecule has 8 heteroatoms. The van der Waals surface area contributed by atoms with Gasteiger partial charge in [-0.15, -0.1) is 11.8 Å². The number of methoxy groups -OCH3 is 3. The molecule has 1 aliphatic heterocycles. The number of hydrogen-bond acceptors (Lipinski definition) is 6. The van der Waals surface area contributed by atoms with Gasteiger partial charge in [-0.3, -0.25) is 9.59 Å². The Labute approximate surface area is 241 Å². The van der Waals surface area contributed by atoms with Gasteiger partial charge in [-0.05, 0) is 66.5 Å². The molecule has 1 aliphatic rings. The van der Waals surface area contributed by atoms with Crippen LogP contribution in [-0.4, -0.2) is 74.4 Å². The first kappa shape index (κ1) is 29.3. The van der Waals surface area contributed by atoms with Gasteiger partial charge < -0.3 is 24.0 Å². The fraction of sp³-hybridized carbons (Fsp3) is 0.375. The van der Waals surface area contributed by atoms with Crippen molar-refractivity contribution < 1.29 is 23.8 Å². The summed E-state index contributed by atoms with van der Waals surface area (Å²) < 4.78 is 16.4. The third-order valence-electron chi connectivity index (χ3n) is 7.39. The minimum atomic E-state index is -0.519. The van der Waals surface area contributed by atoms with Crippen molar-refractivity contribution in [3.63, 3.8) is 0 Å². The topological polar surface area (TPSA) is 68.3 Å². The van der Waals surface area contributed by atoms with Crippen LogP contribution in [0.3, 0.4) is 0 Å². The van der Waals surface area contributed by atoms with Crippen molar-refractivity contribution in [2.75, 3.05) is 40.7 Å². The Kier molecular flexibility index (Phi) is 9.98. The van der Waals surface area contributed by atoms with Crippen LogP contribution in [0.15, 0.2) is 71.6 Å². The molecule has 3 aromatic rings. The van der Waals surface area contributed by atoms with Gasteiger partial charge in [0.15, 0.2) is 11.5 Å². The third-order valence-corrected chi connectivity index (χ3v) is 8.49. The lowest BCUT2D eigenvalue weighted by atomic mass is 9.96. The van der Waals surface area contributed by atoms with Crippen LogP contribution in [0.4, 0.5) is 0 Å². The summed E-state index contributed by atoms with van der Waals surface area (Å²) in [5.41, 5.74) is 2.89. The highest BCUT2D eigenvalue weighted by atomic mass is 32.2. The minimum absolute atomic E-state index is 0.0130. The molecule has 0 aromatic heterocycles. The van der Waals surface area contributed by atoms with E-state index in [1.165, 1.54) is 4.90 Å². The average Bonchev–Trinajstić information content (AvgIpc) is 2.99. The number of hydrogen-bond donors (Lipinski definition) is 0. The zero-order valence-corrected chi connectivity index (χ0v) is 24.7. The summed E-state index contributed by atoms with van der Waals surface area (Å²) in [6, 6.07) is 21.2. The lowest BCUT2D eigenvalue weighted by Gasteiger charge is -2.42. The van der Waals surface area contributed by atoms with Crippen LogP contribution in [0, 0.1) is 0 Å². The van der Waals surface area contributed by atoms with E-state index in [4.69, 9.17) is 14.2 Å². The number of amides is 2. The molecule has 0 unspecified atom stereocenters. The van der Waals surface area contributed by atoms with Gasteiger partial charge in [0.1, 0.15) is 12.1 Å². The van der Waals surface area contributed by atoms with Crippen LogP contribution in [0.1, 0.15) is 25.3 Å². The van der Waals surface area contributed by atoms with Gasteiger partial charge in [0, 0.05) is 24.9 Å². The Morgan fingerprint density at radius 1 is 0.800 bits per heavy atom. The van der Waals surface area contributed by atoms with Gasteiger partial charge >= 0.3 is 0 Å². The molecule has 212 valence electrons. The molecule has 7 nitrogen and oxygen atoms in total. The number of ether oxygens (including phenoxy) is 3. The summed E-state index contributed by atoms with van der Waals surface area (Å²) in [6.45, 7) is 2.42. The summed E-state index contributed by atoms with van der Waals surface area (Å²) >= 11 is 1.82. The number of carbonyl (C=O) groups excluding carboxylic acids is 2. The van der Waals surface area contributed by atoms with Crippen molar-refractivity contribution in [2.45, 2.75) is 43.2 Å². The molecule has 0 bridgehead atoms. The van der Waals surface area contributed by atoms with E-state index >= 15 is 0 Å². The Balaban J connectivity index is 1.41. The smallest absolute Gasteiger partial charge is 0.246 e. The number of likely N-dealkylation sites (N-methyl/N-ethyl adjacent to an activating group) is 1. The Hall–Kier alpha value is -3.65. The molecule has 2 atom stereocenters. The maximum Gasteiger partial charge on any atom is 0.246 e. The molecular formula is C32H38N2O5S. The summed E-state index contributed by atoms with van der Waals surface area (Å²) in [5.74, 6) is 2.69. The fourth-order valence-electron chi connectivity index (χ4n) is 5.05. The second-order valence-electron chi connectivity index (χ2n) is 9.86. The van der Waals surface area contributed by atoms with Crippen molar-refractivity contribution in [3.05, 3.63) is 72.3 Å². The van der Waals surface area contributed by atoms with E-state index in [1.807, 2.05) is 73.3 Å². The zero-order valence-electron chi connectivity index (χ0n) is 23.9. The first-order chi connectivity index (χ1) is 19.4. The van der Waals surface area contributed by atoms with Crippen molar-refractivity contribution >= 4 is 23.6 Å². The van der Waals surface area contributed by atoms with E-state index in [0.29, 0.717) is 30.2 Å². The third kappa shape index (κ3) is 6.55. The maximum absolute atomic E-state index is 13.6. The predicted octanol–water partition coefficient (Wildman–Crippen LogP) is 5.55. The molecule has 40 heavy (non-hydrogen) atoms. The zero-order chi connectivity index (χ0) is 28.6. The van der Waals surface area contributed by atoms with E-state index in [-0.39, 0.29) is 11.8 Å². The largest absolute Gasteiger partial charge is 0.493 e. The molecule has 0 aliphatic carbocycles. The number of carbonyl (C=O) groups is 2. The molecule has 0 saturated carbocycles. The number of piperazine rings is 1. The summed E-state index contributed by atoms with van der Waals surface area (Å²) in [6.07, 6.45) is 2.31. The molecule has 0 radical (unpaired) electrons. The first-order valence-corrected chi connectivity index (χ1v) is 14.5. The Morgan fingerprint density at radius 3 is 2.05 bits per heavy atom. The highest BCUT2D eigenvalue weighted by Gasteiger charge is 2.41. The van der Waals surface area contributed by atoms with E-state index < -0.39 is 12.1 Å². The van der Waals surface area contributed by atoms with Crippen molar-refractivity contribution in [1.29, 1.82) is 0 Å². The number of rotatable bonds is 12. The fourth-order valence-corrected chi connectivity index (χ4v) is 5.99. The SMILES string of the molecule is COc1cc(-c2ccc(C[C@H]3C(=O)N(CCCCSc4ccccc4)[C@@H](C)C(=O)N3C)cc2)cc(OC)c1OC. The van der Waals surface area contributed by atoms with Gasteiger partial charge in [-0.1, -0.05) is 42.5 Å². The van der Waals surface area contributed by atoms with E-state index in [1.54, 1.807) is 38.2 Å². The molecular weight excluding hydrogens is 524 g/mol. The monoisotopic (exact) mass is 562 g/mol. The van der Waals surface area contributed by atoms with Crippen LogP contribution in [0.25, 0.3) is 11.1 Å². The van der Waals surface area contributed by atoms with Crippen LogP contribution in [0.2, 0.25) is 0 Å². The minimum Gasteiger partial charge on any atom is -0.493 e. The highest BCUT2D eigenvalue weighted by molar-refractivity contribution is 7.99. The van der Waals surface area contributed by atoms with Gasteiger partial charge in [-0.2, -0.15) is 0 Å². The highest BCUT2D eigenvalue weighted by Crippen LogP contribution is 2.41. The van der Waals surface area contributed by atoms with Gasteiger partial charge in [-0.25, -0.2) is 0 Å². The molecule has 4 rings (SSSR count).